The first-order chi connectivity index (χ1) is 8.72. The molecule has 1 aromatic rings. The Morgan fingerprint density at radius 1 is 1.44 bits per heavy atom. The van der Waals surface area contributed by atoms with Gasteiger partial charge in [0.25, 0.3) is 5.91 Å². The molecule has 2 rings (SSSR count). The minimum Gasteiger partial charge on any atom is -0.399 e. The molecule has 1 aliphatic heterocycles. The molecule has 1 amide bonds. The first-order valence-electron chi connectivity index (χ1n) is 6.22. The highest BCUT2D eigenvalue weighted by Gasteiger charge is 2.18. The van der Waals surface area contributed by atoms with Crippen molar-refractivity contribution in [2.45, 2.75) is 6.92 Å². The zero-order valence-corrected chi connectivity index (χ0v) is 10.6. The van der Waals surface area contributed by atoms with Crippen LogP contribution in [0.15, 0.2) is 18.2 Å². The van der Waals surface area contributed by atoms with Crippen LogP contribution in [0.25, 0.3) is 0 Å². The van der Waals surface area contributed by atoms with Crippen molar-refractivity contribution in [1.29, 1.82) is 0 Å². The summed E-state index contributed by atoms with van der Waals surface area (Å²) in [5, 5.41) is 2.82. The van der Waals surface area contributed by atoms with E-state index < -0.39 is 0 Å². The van der Waals surface area contributed by atoms with Crippen molar-refractivity contribution in [2.75, 3.05) is 43.5 Å². The summed E-state index contributed by atoms with van der Waals surface area (Å²) in [4.78, 5) is 14.2. The number of benzene rings is 1. The Morgan fingerprint density at radius 2 is 2.17 bits per heavy atom. The number of carbonyl (C=O) groups excluding carboxylic acids is 1. The Labute approximate surface area is 107 Å². The molecule has 0 bridgehead atoms. The highest BCUT2D eigenvalue weighted by atomic mass is 16.5. The summed E-state index contributed by atoms with van der Waals surface area (Å²) in [6.45, 7) is 5.50. The van der Waals surface area contributed by atoms with Gasteiger partial charge in [-0.05, 0) is 25.1 Å². The third kappa shape index (κ3) is 2.73. The van der Waals surface area contributed by atoms with Crippen molar-refractivity contribution in [3.8, 4) is 0 Å². The predicted molar refractivity (Wildman–Crippen MR) is 71.9 cm³/mol. The van der Waals surface area contributed by atoms with Crippen molar-refractivity contribution in [1.82, 2.24) is 5.32 Å². The van der Waals surface area contributed by atoms with Crippen LogP contribution in [0, 0.1) is 0 Å². The highest BCUT2D eigenvalue weighted by Crippen LogP contribution is 2.24. The van der Waals surface area contributed by atoms with E-state index in [-0.39, 0.29) is 5.91 Å². The van der Waals surface area contributed by atoms with E-state index in [1.54, 1.807) is 6.07 Å². The summed E-state index contributed by atoms with van der Waals surface area (Å²) in [6.07, 6.45) is 0. The van der Waals surface area contributed by atoms with Crippen LogP contribution < -0.4 is 16.0 Å². The molecular formula is C13H19N3O2. The van der Waals surface area contributed by atoms with Crippen LogP contribution >= 0.6 is 0 Å². The fourth-order valence-electron chi connectivity index (χ4n) is 2.07. The summed E-state index contributed by atoms with van der Waals surface area (Å²) in [6, 6.07) is 5.47. The molecule has 0 aliphatic carbocycles. The van der Waals surface area contributed by atoms with Crippen molar-refractivity contribution in [3.05, 3.63) is 23.8 Å². The van der Waals surface area contributed by atoms with Crippen LogP contribution in [-0.4, -0.2) is 38.8 Å². The maximum absolute atomic E-state index is 12.0. The number of nitrogens with zero attached hydrogens (tertiary/aromatic N) is 1. The van der Waals surface area contributed by atoms with E-state index in [2.05, 4.69) is 10.2 Å². The molecule has 0 atom stereocenters. The molecule has 0 radical (unpaired) electrons. The highest BCUT2D eigenvalue weighted by molar-refractivity contribution is 6.00. The van der Waals surface area contributed by atoms with Gasteiger partial charge in [0.1, 0.15) is 0 Å². The number of hydrogen-bond acceptors (Lipinski definition) is 4. The topological polar surface area (TPSA) is 67.6 Å². The van der Waals surface area contributed by atoms with Crippen molar-refractivity contribution in [2.24, 2.45) is 0 Å². The Balaban J connectivity index is 2.30. The first kappa shape index (κ1) is 12.7. The number of amides is 1. The third-order valence-corrected chi connectivity index (χ3v) is 2.95. The van der Waals surface area contributed by atoms with E-state index in [0.29, 0.717) is 31.0 Å². The second kappa shape index (κ2) is 5.73. The number of hydrogen-bond donors (Lipinski definition) is 2. The quantitative estimate of drug-likeness (QED) is 0.779. The molecule has 0 aromatic heterocycles. The van der Waals surface area contributed by atoms with Gasteiger partial charge in [0, 0.05) is 31.0 Å². The normalized spacial score (nSPS) is 15.5. The Hall–Kier alpha value is -1.75. The van der Waals surface area contributed by atoms with E-state index in [9.17, 15) is 4.79 Å². The minimum atomic E-state index is -0.0775. The maximum Gasteiger partial charge on any atom is 0.253 e. The van der Waals surface area contributed by atoms with Crippen LogP contribution in [0.2, 0.25) is 0 Å². The Kier molecular flexibility index (Phi) is 4.04. The third-order valence-electron chi connectivity index (χ3n) is 2.95. The summed E-state index contributed by atoms with van der Waals surface area (Å²) < 4.78 is 5.33. The number of ether oxygens (including phenoxy) is 1. The maximum atomic E-state index is 12.0. The zero-order chi connectivity index (χ0) is 13.0. The van der Waals surface area contributed by atoms with E-state index >= 15 is 0 Å². The molecule has 1 heterocycles. The molecule has 5 heteroatoms. The number of rotatable bonds is 3. The van der Waals surface area contributed by atoms with Crippen LogP contribution in [-0.2, 0) is 4.74 Å². The molecule has 1 aliphatic rings. The molecular weight excluding hydrogens is 230 g/mol. The monoisotopic (exact) mass is 249 g/mol. The molecule has 3 N–H and O–H groups in total. The second-order valence-corrected chi connectivity index (χ2v) is 4.24. The number of morpholine rings is 1. The molecule has 1 fully saturated rings. The van der Waals surface area contributed by atoms with E-state index in [1.807, 2.05) is 19.1 Å². The van der Waals surface area contributed by atoms with E-state index in [1.165, 1.54) is 0 Å². The summed E-state index contributed by atoms with van der Waals surface area (Å²) in [5.74, 6) is -0.0775. The van der Waals surface area contributed by atoms with Gasteiger partial charge in [-0.25, -0.2) is 0 Å². The number of nitrogens with one attached hydrogen (secondary N) is 1. The largest absolute Gasteiger partial charge is 0.399 e. The van der Waals surface area contributed by atoms with Crippen LogP contribution in [0.3, 0.4) is 0 Å². The van der Waals surface area contributed by atoms with Gasteiger partial charge in [0.2, 0.25) is 0 Å². The average Bonchev–Trinajstić information content (AvgIpc) is 2.40. The lowest BCUT2D eigenvalue weighted by Crippen LogP contribution is -2.38. The van der Waals surface area contributed by atoms with Gasteiger partial charge in [-0.3, -0.25) is 4.79 Å². The lowest BCUT2D eigenvalue weighted by molar-refractivity contribution is 0.0954. The van der Waals surface area contributed by atoms with Crippen molar-refractivity contribution >= 4 is 17.3 Å². The first-order valence-corrected chi connectivity index (χ1v) is 6.22. The van der Waals surface area contributed by atoms with Crippen LogP contribution in [0.5, 0.6) is 0 Å². The van der Waals surface area contributed by atoms with E-state index in [0.717, 1.165) is 18.8 Å². The molecule has 18 heavy (non-hydrogen) atoms. The summed E-state index contributed by atoms with van der Waals surface area (Å²) in [5.41, 5.74) is 7.94. The molecule has 5 nitrogen and oxygen atoms in total. The Bertz CT molecular complexity index is 428. The van der Waals surface area contributed by atoms with Gasteiger partial charge in [0.15, 0.2) is 0 Å². The molecule has 98 valence electrons. The number of carbonyl (C=O) groups is 1. The molecule has 0 spiro atoms. The zero-order valence-electron chi connectivity index (χ0n) is 10.6. The Morgan fingerprint density at radius 3 is 2.83 bits per heavy atom. The van der Waals surface area contributed by atoms with Gasteiger partial charge in [-0.2, -0.15) is 0 Å². The lowest BCUT2D eigenvalue weighted by atomic mass is 10.1. The van der Waals surface area contributed by atoms with Crippen LogP contribution in [0.1, 0.15) is 17.3 Å². The fraction of sp³-hybridized carbons (Fsp3) is 0.462. The number of nitrogen functional groups attached to an aromatic ring is 1. The SMILES string of the molecule is CCNC(=O)c1cc(N)ccc1N1CCOCC1. The van der Waals surface area contributed by atoms with Crippen LogP contribution in [0.4, 0.5) is 11.4 Å². The average molecular weight is 249 g/mol. The predicted octanol–water partition coefficient (Wildman–Crippen LogP) is 0.855. The summed E-state index contributed by atoms with van der Waals surface area (Å²) >= 11 is 0. The second-order valence-electron chi connectivity index (χ2n) is 4.24. The summed E-state index contributed by atoms with van der Waals surface area (Å²) in [7, 11) is 0. The lowest BCUT2D eigenvalue weighted by Gasteiger charge is -2.30. The molecule has 0 saturated carbocycles. The minimum absolute atomic E-state index is 0.0775. The fourth-order valence-corrected chi connectivity index (χ4v) is 2.07. The smallest absolute Gasteiger partial charge is 0.253 e. The molecule has 0 unspecified atom stereocenters. The van der Waals surface area contributed by atoms with Gasteiger partial charge in [0.05, 0.1) is 18.8 Å². The van der Waals surface area contributed by atoms with Gasteiger partial charge in [-0.1, -0.05) is 0 Å². The standard InChI is InChI=1S/C13H19N3O2/c1-2-15-13(17)11-9-10(14)3-4-12(11)16-5-7-18-8-6-16/h3-4,9H,2,5-8,14H2,1H3,(H,15,17). The number of nitrogens with two attached hydrogens (primary N) is 1. The number of anilines is 2. The van der Waals surface area contributed by atoms with Crippen molar-refractivity contribution < 1.29 is 9.53 Å². The molecule has 1 saturated heterocycles. The van der Waals surface area contributed by atoms with Gasteiger partial charge >= 0.3 is 0 Å². The van der Waals surface area contributed by atoms with Gasteiger partial charge < -0.3 is 20.7 Å². The molecule has 1 aromatic carbocycles. The van der Waals surface area contributed by atoms with Crippen molar-refractivity contribution in [3.63, 3.8) is 0 Å². The van der Waals surface area contributed by atoms with E-state index in [4.69, 9.17) is 10.5 Å². The van der Waals surface area contributed by atoms with Gasteiger partial charge in [-0.15, -0.1) is 0 Å².